The maximum absolute atomic E-state index is 13.5. The third-order valence-electron chi connectivity index (χ3n) is 7.93. The highest BCUT2D eigenvalue weighted by atomic mass is 32.1. The summed E-state index contributed by atoms with van der Waals surface area (Å²) < 4.78 is 27.9. The second-order valence-electron chi connectivity index (χ2n) is 11.5. The lowest BCUT2D eigenvalue weighted by Gasteiger charge is -2.25. The summed E-state index contributed by atoms with van der Waals surface area (Å²) in [6.07, 6.45) is -1.51. The van der Waals surface area contributed by atoms with Crippen molar-refractivity contribution in [3.8, 4) is 0 Å². The van der Waals surface area contributed by atoms with Crippen LogP contribution in [0.15, 0.2) is 85.5 Å². The first-order valence-corrected chi connectivity index (χ1v) is 15.3. The van der Waals surface area contributed by atoms with E-state index in [1.807, 2.05) is 20.8 Å². The Morgan fingerprint density at radius 1 is 0.723 bits per heavy atom. The standard InChI is InChI=1S/C35H32N4O7S/c1-20-5-11-23(12-6-20)33(40)43-17-26-28(45-34(41)24-13-7-21(2)8-14-24)29(46-35(42)25-15-9-22(3)10-16-25)31(44-26)39-19-36-27-30(39)37-18-38(4)32(27)47/h5-16,18-19,26,28-29,31H,17H2,1-4H3/t26-,28-,29+,31-/m0/s1. The van der Waals surface area contributed by atoms with Crippen LogP contribution in [0.25, 0.3) is 11.2 Å². The quantitative estimate of drug-likeness (QED) is 0.118. The molecule has 240 valence electrons. The van der Waals surface area contributed by atoms with Gasteiger partial charge in [-0.2, -0.15) is 0 Å². The van der Waals surface area contributed by atoms with Crippen molar-refractivity contribution in [2.45, 2.75) is 45.3 Å². The van der Waals surface area contributed by atoms with Crippen molar-refractivity contribution in [2.24, 2.45) is 7.05 Å². The first-order chi connectivity index (χ1) is 22.6. The average Bonchev–Trinajstić information content (AvgIpc) is 3.64. The van der Waals surface area contributed by atoms with E-state index in [0.717, 1.165) is 16.7 Å². The van der Waals surface area contributed by atoms with E-state index in [0.29, 0.717) is 26.9 Å². The van der Waals surface area contributed by atoms with Gasteiger partial charge in [0.1, 0.15) is 22.9 Å². The minimum absolute atomic E-state index is 0.288. The zero-order valence-electron chi connectivity index (χ0n) is 26.2. The van der Waals surface area contributed by atoms with Gasteiger partial charge < -0.3 is 23.5 Å². The predicted octanol–water partition coefficient (Wildman–Crippen LogP) is 5.63. The Morgan fingerprint density at radius 3 is 1.74 bits per heavy atom. The fraction of sp³-hybridized carbons (Fsp3) is 0.257. The van der Waals surface area contributed by atoms with Crippen molar-refractivity contribution < 1.29 is 33.3 Å². The van der Waals surface area contributed by atoms with E-state index in [1.165, 1.54) is 6.33 Å². The number of carbonyl (C=O) groups excluding carboxylic acids is 3. The average molecular weight is 653 g/mol. The minimum Gasteiger partial charge on any atom is -0.459 e. The summed E-state index contributed by atoms with van der Waals surface area (Å²) in [5.41, 5.74) is 4.64. The zero-order chi connectivity index (χ0) is 33.2. The van der Waals surface area contributed by atoms with Gasteiger partial charge in [-0.15, -0.1) is 0 Å². The first-order valence-electron chi connectivity index (χ1n) is 14.9. The molecule has 3 heterocycles. The molecular formula is C35H32N4O7S. The van der Waals surface area contributed by atoms with E-state index in [4.69, 9.17) is 31.2 Å². The maximum atomic E-state index is 13.5. The van der Waals surface area contributed by atoms with Crippen molar-refractivity contribution in [3.05, 3.63) is 123 Å². The van der Waals surface area contributed by atoms with Crippen molar-refractivity contribution in [3.63, 3.8) is 0 Å². The minimum atomic E-state index is -1.21. The number of esters is 3. The van der Waals surface area contributed by atoms with Gasteiger partial charge in [0.25, 0.3) is 0 Å². The normalized spacial score (nSPS) is 19.0. The molecule has 47 heavy (non-hydrogen) atoms. The second-order valence-corrected chi connectivity index (χ2v) is 11.9. The molecule has 1 fully saturated rings. The van der Waals surface area contributed by atoms with Crippen LogP contribution in [0.4, 0.5) is 0 Å². The second kappa shape index (κ2) is 13.3. The molecule has 5 aromatic rings. The molecule has 1 aliphatic rings. The summed E-state index contributed by atoms with van der Waals surface area (Å²) in [6, 6.07) is 20.7. The van der Waals surface area contributed by atoms with Crippen molar-refractivity contribution >= 4 is 41.3 Å². The number of fused-ring (bicyclic) bond motifs is 1. The van der Waals surface area contributed by atoms with Crippen LogP contribution in [0.3, 0.4) is 0 Å². The number of ether oxygens (including phenoxy) is 4. The van der Waals surface area contributed by atoms with Crippen LogP contribution >= 0.6 is 12.2 Å². The Morgan fingerprint density at radius 2 is 1.21 bits per heavy atom. The van der Waals surface area contributed by atoms with Crippen molar-refractivity contribution in [1.29, 1.82) is 0 Å². The number of hydrogen-bond acceptors (Lipinski definition) is 10. The highest BCUT2D eigenvalue weighted by Gasteiger charge is 2.52. The number of aryl methyl sites for hydroxylation is 4. The molecule has 0 bridgehead atoms. The van der Waals surface area contributed by atoms with Gasteiger partial charge in [0.05, 0.1) is 29.3 Å². The number of rotatable bonds is 8. The number of benzene rings is 3. The monoisotopic (exact) mass is 652 g/mol. The molecule has 0 saturated carbocycles. The molecule has 0 amide bonds. The van der Waals surface area contributed by atoms with Crippen LogP contribution in [-0.4, -0.2) is 61.9 Å². The lowest BCUT2D eigenvalue weighted by atomic mass is 10.1. The van der Waals surface area contributed by atoms with Gasteiger partial charge in [0, 0.05) is 7.05 Å². The SMILES string of the molecule is Cc1ccc(C(=O)OC[C@@H]2O[C@H](n3cnc4c(=S)n(C)cnc43)[C@H](OC(=O)c3ccc(C)cc3)[C@H]2OC(=O)c2ccc(C)cc2)cc1. The van der Waals surface area contributed by atoms with Gasteiger partial charge in [-0.1, -0.05) is 65.3 Å². The number of aromatic nitrogens is 4. The Labute approximate surface area is 275 Å². The molecular weight excluding hydrogens is 620 g/mol. The number of hydrogen-bond donors (Lipinski definition) is 0. The Balaban J connectivity index is 1.38. The molecule has 0 N–H and O–H groups in total. The molecule has 2 aromatic heterocycles. The molecule has 0 aliphatic carbocycles. The van der Waals surface area contributed by atoms with E-state index in [9.17, 15) is 14.4 Å². The first kappa shape index (κ1) is 31.8. The molecule has 1 saturated heterocycles. The summed E-state index contributed by atoms with van der Waals surface area (Å²) in [4.78, 5) is 49.0. The third kappa shape index (κ3) is 6.69. The summed E-state index contributed by atoms with van der Waals surface area (Å²) in [5.74, 6) is -1.92. The predicted molar refractivity (Wildman–Crippen MR) is 173 cm³/mol. The van der Waals surface area contributed by atoms with Crippen molar-refractivity contribution in [1.82, 2.24) is 19.1 Å². The number of imidazole rings is 1. The summed E-state index contributed by atoms with van der Waals surface area (Å²) in [5, 5.41) is 0. The summed E-state index contributed by atoms with van der Waals surface area (Å²) in [6.45, 7) is 5.41. The lowest BCUT2D eigenvalue weighted by Crippen LogP contribution is -2.41. The molecule has 4 atom stereocenters. The van der Waals surface area contributed by atoms with Crippen LogP contribution in [-0.2, 0) is 26.0 Å². The van der Waals surface area contributed by atoms with Crippen LogP contribution < -0.4 is 0 Å². The van der Waals surface area contributed by atoms with Gasteiger partial charge in [-0.25, -0.2) is 24.4 Å². The molecule has 0 unspecified atom stereocenters. The Kier molecular flexibility index (Phi) is 8.97. The third-order valence-corrected chi connectivity index (χ3v) is 8.41. The van der Waals surface area contributed by atoms with E-state index in [2.05, 4.69) is 9.97 Å². The molecule has 12 heteroatoms. The van der Waals surface area contributed by atoms with Crippen LogP contribution in [0.1, 0.15) is 54.0 Å². The number of nitrogens with zero attached hydrogens (tertiary/aromatic N) is 4. The van der Waals surface area contributed by atoms with Crippen LogP contribution in [0.5, 0.6) is 0 Å². The topological polar surface area (TPSA) is 124 Å². The Hall–Kier alpha value is -5.20. The van der Waals surface area contributed by atoms with Crippen LogP contribution in [0, 0.1) is 25.4 Å². The van der Waals surface area contributed by atoms with Crippen molar-refractivity contribution in [2.75, 3.05) is 6.61 Å². The zero-order valence-corrected chi connectivity index (χ0v) is 27.0. The van der Waals surface area contributed by atoms with Gasteiger partial charge in [0.15, 0.2) is 24.1 Å². The largest absolute Gasteiger partial charge is 0.459 e. The van der Waals surface area contributed by atoms with Gasteiger partial charge in [-0.3, -0.25) is 4.57 Å². The highest BCUT2D eigenvalue weighted by molar-refractivity contribution is 7.71. The number of carbonyl (C=O) groups is 3. The summed E-state index contributed by atoms with van der Waals surface area (Å²) in [7, 11) is 1.75. The highest BCUT2D eigenvalue weighted by Crippen LogP contribution is 2.37. The van der Waals surface area contributed by atoms with Gasteiger partial charge in [0.2, 0.25) is 0 Å². The molecule has 6 rings (SSSR count). The smallest absolute Gasteiger partial charge is 0.338 e. The molecule has 0 radical (unpaired) electrons. The fourth-order valence-electron chi connectivity index (χ4n) is 5.21. The Bertz CT molecular complexity index is 2000. The van der Waals surface area contributed by atoms with Gasteiger partial charge in [-0.05, 0) is 57.2 Å². The van der Waals surface area contributed by atoms with Gasteiger partial charge >= 0.3 is 17.9 Å². The van der Waals surface area contributed by atoms with E-state index in [-0.39, 0.29) is 12.2 Å². The lowest BCUT2D eigenvalue weighted by molar-refractivity contribution is -0.0606. The van der Waals surface area contributed by atoms with E-state index in [1.54, 1.807) is 95.3 Å². The molecule has 3 aromatic carbocycles. The van der Waals surface area contributed by atoms with Crippen LogP contribution in [0.2, 0.25) is 0 Å². The molecule has 1 aliphatic heterocycles. The molecule has 0 spiro atoms. The van der Waals surface area contributed by atoms with E-state index >= 15 is 0 Å². The fourth-order valence-corrected chi connectivity index (χ4v) is 5.40. The maximum Gasteiger partial charge on any atom is 0.338 e. The summed E-state index contributed by atoms with van der Waals surface area (Å²) >= 11 is 5.54. The molecule has 11 nitrogen and oxygen atoms in total. The van der Waals surface area contributed by atoms with E-state index < -0.39 is 42.4 Å².